The summed E-state index contributed by atoms with van der Waals surface area (Å²) in [6, 6.07) is 10.6. The van der Waals surface area contributed by atoms with Crippen LogP contribution in [-0.2, 0) is 0 Å². The van der Waals surface area contributed by atoms with Gasteiger partial charge in [-0.05, 0) is 90.7 Å². The van der Waals surface area contributed by atoms with E-state index in [1.165, 1.54) is 44.6 Å². The number of benzene rings is 1. The Kier molecular flexibility index (Phi) is 10.4. The van der Waals surface area contributed by atoms with Crippen molar-refractivity contribution in [3.63, 3.8) is 0 Å². The van der Waals surface area contributed by atoms with Gasteiger partial charge in [0.25, 0.3) is 0 Å². The fourth-order valence-corrected chi connectivity index (χ4v) is 4.47. The topological polar surface area (TPSA) is 20.2 Å². The summed E-state index contributed by atoms with van der Waals surface area (Å²) in [4.78, 5) is 0. The summed E-state index contributed by atoms with van der Waals surface area (Å²) in [7, 11) is 0. The molecule has 2 atom stereocenters. The van der Waals surface area contributed by atoms with E-state index in [0.29, 0.717) is 0 Å². The predicted octanol–water partition coefficient (Wildman–Crippen LogP) is 9.15. The van der Waals surface area contributed by atoms with E-state index >= 15 is 0 Å². The van der Waals surface area contributed by atoms with Crippen molar-refractivity contribution < 1.29 is 5.11 Å². The van der Waals surface area contributed by atoms with E-state index in [4.69, 9.17) is 0 Å². The van der Waals surface area contributed by atoms with Crippen LogP contribution in [0.5, 0.6) is 0 Å². The van der Waals surface area contributed by atoms with E-state index in [0.717, 1.165) is 50.5 Å². The van der Waals surface area contributed by atoms with Gasteiger partial charge in [0.15, 0.2) is 0 Å². The molecule has 1 aromatic rings. The summed E-state index contributed by atoms with van der Waals surface area (Å²) < 4.78 is 0. The van der Waals surface area contributed by atoms with Crippen molar-refractivity contribution in [3.05, 3.63) is 101 Å². The molecule has 0 heterocycles. The van der Waals surface area contributed by atoms with Gasteiger partial charge < -0.3 is 5.11 Å². The number of hydrogen-bond donors (Lipinski definition) is 1. The number of aliphatic hydroxyl groups is 1. The van der Waals surface area contributed by atoms with Crippen molar-refractivity contribution in [2.45, 2.75) is 85.7 Å². The van der Waals surface area contributed by atoms with Crippen LogP contribution in [0.15, 0.2) is 95.2 Å². The zero-order valence-corrected chi connectivity index (χ0v) is 21.6. The molecule has 1 N–H and O–H groups in total. The van der Waals surface area contributed by atoms with Gasteiger partial charge in [-0.25, -0.2) is 0 Å². The summed E-state index contributed by atoms with van der Waals surface area (Å²) in [6.07, 6.45) is 7.82. The minimum Gasteiger partial charge on any atom is -0.392 e. The number of aliphatic hydroxyl groups excluding tert-OH is 1. The second-order valence-corrected chi connectivity index (χ2v) is 10.3. The van der Waals surface area contributed by atoms with Crippen LogP contribution in [0.1, 0.15) is 85.1 Å². The minimum atomic E-state index is -0.388. The molecule has 0 unspecified atom stereocenters. The lowest BCUT2D eigenvalue weighted by atomic mass is 9.73. The smallest absolute Gasteiger partial charge is 0.0611 e. The molecule has 0 fully saturated rings. The van der Waals surface area contributed by atoms with E-state index < -0.39 is 0 Å². The van der Waals surface area contributed by atoms with Crippen LogP contribution in [0.4, 0.5) is 0 Å². The molecule has 1 aliphatic carbocycles. The molecule has 33 heavy (non-hydrogen) atoms. The maximum Gasteiger partial charge on any atom is 0.0611 e. The normalized spacial score (nSPS) is 16.9. The SMILES string of the molecule is C=C(CC=C(C)C)CC[C@@H](O)[C@H]1CC(CC(=C)CC(C)=C(C)C)=C(c2ccccc2)CC1=C. The largest absolute Gasteiger partial charge is 0.392 e. The Morgan fingerprint density at radius 2 is 1.73 bits per heavy atom. The van der Waals surface area contributed by atoms with Crippen molar-refractivity contribution in [3.8, 4) is 0 Å². The predicted molar refractivity (Wildman–Crippen MR) is 146 cm³/mol. The minimum absolute atomic E-state index is 0.0982. The van der Waals surface area contributed by atoms with Crippen LogP contribution in [-0.4, -0.2) is 11.2 Å². The van der Waals surface area contributed by atoms with E-state index in [1.54, 1.807) is 0 Å². The highest BCUT2D eigenvalue weighted by Crippen LogP contribution is 2.43. The highest BCUT2D eigenvalue weighted by Gasteiger charge is 2.30. The zero-order valence-electron chi connectivity index (χ0n) is 21.6. The van der Waals surface area contributed by atoms with E-state index in [9.17, 15) is 5.11 Å². The average Bonchev–Trinajstić information content (AvgIpc) is 2.77. The maximum atomic E-state index is 11.1. The number of hydrogen-bond acceptors (Lipinski definition) is 1. The molecule has 0 bridgehead atoms. The molecule has 0 aromatic heterocycles. The zero-order chi connectivity index (χ0) is 24.5. The van der Waals surface area contributed by atoms with Crippen LogP contribution < -0.4 is 0 Å². The third-order valence-electron chi connectivity index (χ3n) is 6.83. The Balaban J connectivity index is 2.20. The van der Waals surface area contributed by atoms with Crippen molar-refractivity contribution in [1.29, 1.82) is 0 Å². The molecule has 0 radical (unpaired) electrons. The van der Waals surface area contributed by atoms with E-state index in [2.05, 4.69) is 90.8 Å². The van der Waals surface area contributed by atoms with Crippen LogP contribution in [0, 0.1) is 5.92 Å². The lowest BCUT2D eigenvalue weighted by Crippen LogP contribution is -2.26. The highest BCUT2D eigenvalue weighted by atomic mass is 16.3. The molecule has 178 valence electrons. The van der Waals surface area contributed by atoms with Gasteiger partial charge >= 0.3 is 0 Å². The van der Waals surface area contributed by atoms with Gasteiger partial charge in [0.1, 0.15) is 0 Å². The molecule has 0 aliphatic heterocycles. The van der Waals surface area contributed by atoms with E-state index in [1.807, 2.05) is 0 Å². The first kappa shape index (κ1) is 26.9. The highest BCUT2D eigenvalue weighted by molar-refractivity contribution is 5.72. The van der Waals surface area contributed by atoms with Gasteiger partial charge in [0.2, 0.25) is 0 Å². The average molecular weight is 445 g/mol. The first-order valence-electron chi connectivity index (χ1n) is 12.3. The van der Waals surface area contributed by atoms with Crippen LogP contribution >= 0.6 is 0 Å². The second-order valence-electron chi connectivity index (χ2n) is 10.3. The van der Waals surface area contributed by atoms with Gasteiger partial charge in [-0.1, -0.05) is 95.2 Å². The summed E-state index contributed by atoms with van der Waals surface area (Å²) in [5.74, 6) is 0.0982. The lowest BCUT2D eigenvalue weighted by molar-refractivity contribution is 0.113. The quantitative estimate of drug-likeness (QED) is 0.337. The molecule has 2 rings (SSSR count). The molecule has 1 heteroatoms. The molecular weight excluding hydrogens is 400 g/mol. The first-order valence-corrected chi connectivity index (χ1v) is 12.3. The summed E-state index contributed by atoms with van der Waals surface area (Å²) in [6.45, 7) is 23.8. The first-order chi connectivity index (χ1) is 15.6. The number of allylic oxidation sites excluding steroid dienone is 8. The molecule has 1 nitrogen and oxygen atoms in total. The monoisotopic (exact) mass is 444 g/mol. The Morgan fingerprint density at radius 1 is 1.06 bits per heavy atom. The number of rotatable bonds is 11. The summed E-state index contributed by atoms with van der Waals surface area (Å²) in [5, 5.41) is 11.1. The van der Waals surface area contributed by atoms with Gasteiger partial charge in [-0.15, -0.1) is 0 Å². The fourth-order valence-electron chi connectivity index (χ4n) is 4.47. The summed E-state index contributed by atoms with van der Waals surface area (Å²) >= 11 is 0. The molecule has 0 saturated heterocycles. The van der Waals surface area contributed by atoms with Gasteiger partial charge in [0.05, 0.1) is 6.10 Å². The van der Waals surface area contributed by atoms with Crippen molar-refractivity contribution >= 4 is 5.57 Å². The van der Waals surface area contributed by atoms with Crippen LogP contribution in [0.3, 0.4) is 0 Å². The Hall–Kier alpha value is -2.38. The van der Waals surface area contributed by atoms with Crippen molar-refractivity contribution in [2.24, 2.45) is 5.92 Å². The molecule has 0 amide bonds. The summed E-state index contributed by atoms with van der Waals surface area (Å²) in [5.41, 5.74) is 11.7. The molecule has 1 aliphatic rings. The molecule has 1 aromatic carbocycles. The van der Waals surface area contributed by atoms with Gasteiger partial charge in [0, 0.05) is 5.92 Å². The molecule has 0 spiro atoms. The lowest BCUT2D eigenvalue weighted by Gasteiger charge is -2.33. The third kappa shape index (κ3) is 8.48. The van der Waals surface area contributed by atoms with Gasteiger partial charge in [-0.3, -0.25) is 0 Å². The second kappa shape index (κ2) is 12.8. The van der Waals surface area contributed by atoms with Crippen LogP contribution in [0.2, 0.25) is 0 Å². The Bertz CT molecular complexity index is 943. The van der Waals surface area contributed by atoms with Crippen LogP contribution in [0.25, 0.3) is 5.57 Å². The fraction of sp³-hybridized carbons (Fsp3) is 0.438. The third-order valence-corrected chi connectivity index (χ3v) is 6.83. The molecular formula is C32H44O. The maximum absolute atomic E-state index is 11.1. The van der Waals surface area contributed by atoms with Gasteiger partial charge in [-0.2, -0.15) is 0 Å². The standard InChI is InChI=1S/C32H44O/c1-22(2)14-15-24(5)16-17-32(33)30-21-29(19-25(6)18-26(7)23(3)4)31(20-27(30)8)28-12-10-9-11-13-28/h9-14,30,32-33H,5-6,8,15-21H2,1-4,7H3/t30-,32+/m0/s1. The Morgan fingerprint density at radius 3 is 2.33 bits per heavy atom. The Labute approximate surface area is 203 Å². The molecule has 0 saturated carbocycles. The van der Waals surface area contributed by atoms with E-state index in [-0.39, 0.29) is 12.0 Å². The van der Waals surface area contributed by atoms with Crippen molar-refractivity contribution in [2.75, 3.05) is 0 Å². The van der Waals surface area contributed by atoms with Crippen molar-refractivity contribution in [1.82, 2.24) is 0 Å².